The summed E-state index contributed by atoms with van der Waals surface area (Å²) in [7, 11) is -4.63. The number of primary amides is 1. The first-order chi connectivity index (χ1) is 9.06. The fraction of sp³-hybridized carbons (Fsp3) is 0.300. The topological polar surface area (TPSA) is 86.5 Å². The lowest BCUT2D eigenvalue weighted by molar-refractivity contribution is -0.147. The molecule has 0 heterocycles. The maximum absolute atomic E-state index is 12.6. The minimum absolute atomic E-state index is 0.0122. The lowest BCUT2D eigenvalue weighted by Crippen LogP contribution is -2.33. The number of hydrogen-bond acceptors (Lipinski definition) is 4. The number of carbonyl (C=O) groups excluding carboxylic acids is 1. The van der Waals surface area contributed by atoms with Crippen molar-refractivity contribution in [3.63, 3.8) is 0 Å². The van der Waals surface area contributed by atoms with E-state index in [0.29, 0.717) is 0 Å². The van der Waals surface area contributed by atoms with Gasteiger partial charge >= 0.3 is 12.3 Å². The first-order valence-corrected chi connectivity index (χ1v) is 6.42. The Kier molecular flexibility index (Phi) is 4.71. The number of amides is 1. The van der Waals surface area contributed by atoms with Gasteiger partial charge in [-0.1, -0.05) is 0 Å². The van der Waals surface area contributed by atoms with Crippen molar-refractivity contribution in [1.29, 1.82) is 0 Å². The average molecular weight is 315 g/mol. The van der Waals surface area contributed by atoms with Gasteiger partial charge in [0.05, 0.1) is 4.90 Å². The summed E-state index contributed by atoms with van der Waals surface area (Å²) in [6, 6.07) is 3.83. The van der Waals surface area contributed by atoms with Crippen LogP contribution < -0.4 is 5.73 Å². The Morgan fingerprint density at radius 1 is 1.25 bits per heavy atom. The quantitative estimate of drug-likeness (QED) is 0.635. The highest BCUT2D eigenvalue weighted by atomic mass is 32.2. The fourth-order valence-corrected chi connectivity index (χ4v) is 1.99. The minimum atomic E-state index is -4.63. The molecule has 0 spiro atoms. The Morgan fingerprint density at radius 2 is 1.75 bits per heavy atom. The van der Waals surface area contributed by atoms with Gasteiger partial charge in [-0.05, 0) is 24.3 Å². The number of nitrogens with two attached hydrogens (primary N) is 1. The predicted molar refractivity (Wildman–Crippen MR) is 59.0 cm³/mol. The van der Waals surface area contributed by atoms with Crippen LogP contribution in [0.3, 0.4) is 0 Å². The SMILES string of the molecule is NC(=O)c1ccc(S(=O)(=O)OCC(F)(F)C(F)F)cc1. The second-order valence-corrected chi connectivity index (χ2v) is 5.28. The molecule has 0 saturated carbocycles. The lowest BCUT2D eigenvalue weighted by atomic mass is 10.2. The summed E-state index contributed by atoms with van der Waals surface area (Å²) in [4.78, 5) is 10.2. The molecule has 2 N–H and O–H groups in total. The molecule has 0 atom stereocenters. The minimum Gasteiger partial charge on any atom is -0.366 e. The van der Waals surface area contributed by atoms with Gasteiger partial charge in [0.15, 0.2) is 0 Å². The second kappa shape index (κ2) is 5.75. The molecule has 1 amide bonds. The summed E-state index contributed by atoms with van der Waals surface area (Å²) >= 11 is 0. The molecule has 0 saturated heterocycles. The van der Waals surface area contributed by atoms with Gasteiger partial charge in [-0.3, -0.25) is 8.98 Å². The summed E-state index contributed by atoms with van der Waals surface area (Å²) in [5, 5.41) is 0. The van der Waals surface area contributed by atoms with Crippen LogP contribution >= 0.6 is 0 Å². The van der Waals surface area contributed by atoms with Crippen LogP contribution in [0.1, 0.15) is 10.4 Å². The van der Waals surface area contributed by atoms with Crippen molar-refractivity contribution < 1.29 is 35.0 Å². The molecule has 20 heavy (non-hydrogen) atoms. The van der Waals surface area contributed by atoms with E-state index in [4.69, 9.17) is 5.73 Å². The largest absolute Gasteiger partial charge is 0.366 e. The van der Waals surface area contributed by atoms with Gasteiger partial charge in [-0.2, -0.15) is 17.2 Å². The van der Waals surface area contributed by atoms with Crippen molar-refractivity contribution in [3.05, 3.63) is 29.8 Å². The number of carbonyl (C=O) groups is 1. The van der Waals surface area contributed by atoms with E-state index >= 15 is 0 Å². The Hall–Kier alpha value is -1.68. The molecule has 0 radical (unpaired) electrons. The summed E-state index contributed by atoms with van der Waals surface area (Å²) in [5.74, 6) is -5.40. The molecule has 112 valence electrons. The highest BCUT2D eigenvalue weighted by Gasteiger charge is 2.42. The zero-order chi connectivity index (χ0) is 15.6. The van der Waals surface area contributed by atoms with E-state index in [1.165, 1.54) is 0 Å². The Bertz CT molecular complexity index is 586. The van der Waals surface area contributed by atoms with E-state index in [-0.39, 0.29) is 5.56 Å². The Labute approximate surface area is 111 Å². The van der Waals surface area contributed by atoms with Gasteiger partial charge in [-0.15, -0.1) is 0 Å². The monoisotopic (exact) mass is 315 g/mol. The van der Waals surface area contributed by atoms with Gasteiger partial charge < -0.3 is 5.73 Å². The van der Waals surface area contributed by atoms with Crippen LogP contribution in [-0.2, 0) is 14.3 Å². The van der Waals surface area contributed by atoms with Gasteiger partial charge in [0.2, 0.25) is 5.91 Å². The van der Waals surface area contributed by atoms with Crippen molar-refractivity contribution in [1.82, 2.24) is 0 Å². The normalized spacial score (nSPS) is 12.7. The highest BCUT2D eigenvalue weighted by molar-refractivity contribution is 7.86. The van der Waals surface area contributed by atoms with E-state index in [2.05, 4.69) is 4.18 Å². The molecule has 10 heteroatoms. The molecule has 0 fully saturated rings. The second-order valence-electron chi connectivity index (χ2n) is 3.67. The summed E-state index contributed by atoms with van der Waals surface area (Å²) in [6.45, 7) is -1.98. The Balaban J connectivity index is 2.87. The van der Waals surface area contributed by atoms with Crippen LogP contribution in [0.25, 0.3) is 0 Å². The number of alkyl halides is 4. The van der Waals surface area contributed by atoms with Crippen molar-refractivity contribution in [2.75, 3.05) is 6.61 Å². The molecular weight excluding hydrogens is 306 g/mol. The number of halogens is 4. The Morgan fingerprint density at radius 3 is 2.15 bits per heavy atom. The smallest absolute Gasteiger partial charge is 0.331 e. The predicted octanol–water partition coefficient (Wildman–Crippen LogP) is 1.39. The molecule has 1 aromatic rings. The standard InChI is InChI=1S/C10H9F4NO4S/c11-9(12)10(13,14)5-19-20(17,18)7-3-1-6(2-4-7)8(15)16/h1-4,9H,5H2,(H2,15,16). The molecule has 1 rings (SSSR count). The summed E-state index contributed by atoms with van der Waals surface area (Å²) in [6.07, 6.45) is -4.05. The van der Waals surface area contributed by atoms with Crippen LogP contribution in [0.5, 0.6) is 0 Å². The van der Waals surface area contributed by atoms with E-state index in [9.17, 15) is 30.8 Å². The van der Waals surface area contributed by atoms with E-state index in [1.54, 1.807) is 0 Å². The van der Waals surface area contributed by atoms with Crippen molar-refractivity contribution >= 4 is 16.0 Å². The van der Waals surface area contributed by atoms with Crippen LogP contribution in [-0.4, -0.2) is 33.3 Å². The third-order valence-electron chi connectivity index (χ3n) is 2.15. The van der Waals surface area contributed by atoms with Gasteiger partial charge in [0.1, 0.15) is 6.61 Å². The van der Waals surface area contributed by atoms with E-state index < -0.39 is 39.9 Å². The van der Waals surface area contributed by atoms with E-state index in [0.717, 1.165) is 24.3 Å². The van der Waals surface area contributed by atoms with Gasteiger partial charge in [0, 0.05) is 5.56 Å². The molecule has 0 aliphatic carbocycles. The lowest BCUT2D eigenvalue weighted by Gasteiger charge is -2.14. The highest BCUT2D eigenvalue weighted by Crippen LogP contribution is 2.25. The average Bonchev–Trinajstić information content (AvgIpc) is 2.36. The van der Waals surface area contributed by atoms with Gasteiger partial charge in [-0.25, -0.2) is 8.78 Å². The zero-order valence-corrected chi connectivity index (χ0v) is 10.5. The molecular formula is C10H9F4NO4S. The third kappa shape index (κ3) is 3.90. The molecule has 0 aromatic heterocycles. The molecule has 0 bridgehead atoms. The van der Waals surface area contributed by atoms with Crippen molar-refractivity contribution in [2.45, 2.75) is 17.2 Å². The first-order valence-electron chi connectivity index (χ1n) is 5.01. The molecule has 0 aliphatic heterocycles. The third-order valence-corrected chi connectivity index (χ3v) is 3.43. The zero-order valence-electron chi connectivity index (χ0n) is 9.72. The van der Waals surface area contributed by atoms with Crippen LogP contribution in [0, 0.1) is 0 Å². The van der Waals surface area contributed by atoms with Crippen molar-refractivity contribution in [2.24, 2.45) is 5.73 Å². The maximum Gasteiger partial charge on any atom is 0.331 e. The van der Waals surface area contributed by atoms with Crippen LogP contribution in [0.2, 0.25) is 0 Å². The molecule has 0 unspecified atom stereocenters. The fourth-order valence-electron chi connectivity index (χ4n) is 1.07. The number of hydrogen-bond donors (Lipinski definition) is 1. The summed E-state index contributed by atoms with van der Waals surface area (Å²) in [5.41, 5.74) is 4.91. The van der Waals surface area contributed by atoms with Gasteiger partial charge in [0.25, 0.3) is 10.1 Å². The number of benzene rings is 1. The number of rotatable bonds is 6. The summed E-state index contributed by atoms with van der Waals surface area (Å²) < 4.78 is 75.6. The van der Waals surface area contributed by atoms with Crippen molar-refractivity contribution in [3.8, 4) is 0 Å². The van der Waals surface area contributed by atoms with Crippen LogP contribution in [0.15, 0.2) is 29.2 Å². The van der Waals surface area contributed by atoms with Crippen LogP contribution in [0.4, 0.5) is 17.6 Å². The maximum atomic E-state index is 12.6. The molecule has 0 aliphatic rings. The first kappa shape index (κ1) is 16.4. The molecule has 1 aromatic carbocycles. The molecule has 5 nitrogen and oxygen atoms in total. The van der Waals surface area contributed by atoms with E-state index in [1.807, 2.05) is 0 Å².